The van der Waals surface area contributed by atoms with Gasteiger partial charge in [-0.15, -0.1) is 11.8 Å². The maximum Gasteiger partial charge on any atom is 0.371 e. The Kier molecular flexibility index (Phi) is 5.22. The van der Waals surface area contributed by atoms with Crippen LogP contribution in [0.1, 0.15) is 46.4 Å². The molecule has 5 heteroatoms. The van der Waals surface area contributed by atoms with Crippen LogP contribution in [0, 0.1) is 0 Å². The molecule has 110 valence electrons. The van der Waals surface area contributed by atoms with Crippen molar-refractivity contribution >= 4 is 23.5 Å². The summed E-state index contributed by atoms with van der Waals surface area (Å²) in [5, 5.41) is 8.78. The second-order valence-electron chi connectivity index (χ2n) is 4.56. The van der Waals surface area contributed by atoms with Gasteiger partial charge in [-0.25, -0.2) is 4.79 Å². The molecule has 0 spiro atoms. The summed E-state index contributed by atoms with van der Waals surface area (Å²) in [6.07, 6.45) is 1.41. The third-order valence-electron chi connectivity index (χ3n) is 2.91. The number of benzene rings is 1. The van der Waals surface area contributed by atoms with Crippen molar-refractivity contribution in [2.45, 2.75) is 30.4 Å². The Balaban J connectivity index is 1.94. The fourth-order valence-electron chi connectivity index (χ4n) is 1.83. The molecule has 0 aliphatic heterocycles. The maximum absolute atomic E-state index is 11.7. The molecular formula is C16H16O4S. The van der Waals surface area contributed by atoms with Gasteiger partial charge in [0.05, 0.1) is 5.75 Å². The van der Waals surface area contributed by atoms with Crippen molar-refractivity contribution in [1.82, 2.24) is 0 Å². The standard InChI is InChI=1S/C16H16O4S/c1-2-3-14(17)11-4-7-13(8-5-11)21-10-12-6-9-15(20-12)16(18)19/h4-9H,2-3,10H2,1H3,(H,18,19). The zero-order chi connectivity index (χ0) is 15.2. The van der Waals surface area contributed by atoms with Gasteiger partial charge in [-0.1, -0.05) is 19.1 Å². The molecule has 0 amide bonds. The molecule has 1 aromatic heterocycles. The lowest BCUT2D eigenvalue weighted by molar-refractivity contribution is 0.0660. The zero-order valence-electron chi connectivity index (χ0n) is 11.7. The Labute approximate surface area is 127 Å². The molecule has 4 nitrogen and oxygen atoms in total. The molecule has 0 saturated heterocycles. The summed E-state index contributed by atoms with van der Waals surface area (Å²) in [5.74, 6) is 0.209. The number of carbonyl (C=O) groups is 2. The third-order valence-corrected chi connectivity index (χ3v) is 3.94. The summed E-state index contributed by atoms with van der Waals surface area (Å²) in [6.45, 7) is 1.98. The van der Waals surface area contributed by atoms with Gasteiger partial charge in [0.1, 0.15) is 5.76 Å². The van der Waals surface area contributed by atoms with Crippen LogP contribution < -0.4 is 0 Å². The second-order valence-corrected chi connectivity index (χ2v) is 5.61. The molecule has 21 heavy (non-hydrogen) atoms. The fraction of sp³-hybridized carbons (Fsp3) is 0.250. The van der Waals surface area contributed by atoms with E-state index in [9.17, 15) is 9.59 Å². The first kappa shape index (κ1) is 15.4. The van der Waals surface area contributed by atoms with Crippen LogP contribution in [-0.2, 0) is 5.75 Å². The van der Waals surface area contributed by atoms with Crippen molar-refractivity contribution in [2.75, 3.05) is 0 Å². The molecule has 2 rings (SSSR count). The number of aromatic carboxylic acids is 1. The SMILES string of the molecule is CCCC(=O)c1ccc(SCc2ccc(C(=O)O)o2)cc1. The Hall–Kier alpha value is -2.01. The van der Waals surface area contributed by atoms with Gasteiger partial charge in [0.15, 0.2) is 5.78 Å². The molecule has 0 bridgehead atoms. The summed E-state index contributed by atoms with van der Waals surface area (Å²) in [5.41, 5.74) is 0.729. The maximum atomic E-state index is 11.7. The van der Waals surface area contributed by atoms with Crippen molar-refractivity contribution in [3.05, 3.63) is 53.5 Å². The van der Waals surface area contributed by atoms with E-state index in [1.54, 1.807) is 6.07 Å². The van der Waals surface area contributed by atoms with E-state index in [4.69, 9.17) is 9.52 Å². The topological polar surface area (TPSA) is 67.5 Å². The van der Waals surface area contributed by atoms with Gasteiger partial charge in [-0.2, -0.15) is 0 Å². The van der Waals surface area contributed by atoms with E-state index in [1.165, 1.54) is 17.8 Å². The van der Waals surface area contributed by atoms with Crippen LogP contribution in [-0.4, -0.2) is 16.9 Å². The minimum absolute atomic E-state index is 0.0499. The molecule has 1 heterocycles. The predicted octanol–water partition coefficient (Wildman–Crippen LogP) is 4.25. The molecule has 0 radical (unpaired) electrons. The number of thioether (sulfide) groups is 1. The van der Waals surface area contributed by atoms with E-state index >= 15 is 0 Å². The molecule has 1 aromatic carbocycles. The third kappa shape index (κ3) is 4.23. The number of carboxylic acids is 1. The van der Waals surface area contributed by atoms with E-state index in [2.05, 4.69) is 0 Å². The van der Waals surface area contributed by atoms with Gasteiger partial charge in [0.25, 0.3) is 0 Å². The fourth-order valence-corrected chi connectivity index (χ4v) is 2.63. The van der Waals surface area contributed by atoms with Crippen LogP contribution in [0.25, 0.3) is 0 Å². The average molecular weight is 304 g/mol. The smallest absolute Gasteiger partial charge is 0.371 e. The van der Waals surface area contributed by atoms with E-state index in [1.807, 2.05) is 31.2 Å². The minimum Gasteiger partial charge on any atom is -0.475 e. The average Bonchev–Trinajstić information content (AvgIpc) is 2.95. The van der Waals surface area contributed by atoms with Crippen molar-refractivity contribution in [1.29, 1.82) is 0 Å². The second kappa shape index (κ2) is 7.13. The highest BCUT2D eigenvalue weighted by atomic mass is 32.2. The van der Waals surface area contributed by atoms with Gasteiger partial charge in [-0.3, -0.25) is 4.79 Å². The first-order valence-electron chi connectivity index (χ1n) is 6.68. The van der Waals surface area contributed by atoms with Gasteiger partial charge in [0, 0.05) is 16.9 Å². The number of ketones is 1. The van der Waals surface area contributed by atoms with Crippen molar-refractivity contribution in [2.24, 2.45) is 0 Å². The van der Waals surface area contributed by atoms with Crippen LogP contribution in [0.2, 0.25) is 0 Å². The van der Waals surface area contributed by atoms with Crippen LogP contribution >= 0.6 is 11.8 Å². The first-order chi connectivity index (χ1) is 10.1. The Morgan fingerprint density at radius 1 is 1.14 bits per heavy atom. The summed E-state index contributed by atoms with van der Waals surface area (Å²) in [7, 11) is 0. The molecule has 0 fully saturated rings. The number of furan rings is 1. The summed E-state index contributed by atoms with van der Waals surface area (Å²) in [4.78, 5) is 23.4. The van der Waals surface area contributed by atoms with E-state index in [0.717, 1.165) is 16.9 Å². The van der Waals surface area contributed by atoms with Crippen molar-refractivity contribution < 1.29 is 19.1 Å². The highest BCUT2D eigenvalue weighted by molar-refractivity contribution is 7.98. The number of hydrogen-bond acceptors (Lipinski definition) is 4. The van der Waals surface area contributed by atoms with E-state index in [-0.39, 0.29) is 11.5 Å². The van der Waals surface area contributed by atoms with Crippen LogP contribution in [0.15, 0.2) is 45.7 Å². The molecule has 0 atom stereocenters. The Bertz CT molecular complexity index is 628. The molecule has 2 aromatic rings. The highest BCUT2D eigenvalue weighted by Gasteiger charge is 2.09. The van der Waals surface area contributed by atoms with Crippen LogP contribution in [0.5, 0.6) is 0 Å². The summed E-state index contributed by atoms with van der Waals surface area (Å²) >= 11 is 1.53. The quantitative estimate of drug-likeness (QED) is 0.611. The zero-order valence-corrected chi connectivity index (χ0v) is 12.5. The minimum atomic E-state index is -1.06. The Morgan fingerprint density at radius 2 is 1.86 bits per heavy atom. The number of Topliss-reactive ketones (excluding diaryl/α,β-unsaturated/α-hetero) is 1. The normalized spacial score (nSPS) is 10.5. The molecule has 0 unspecified atom stereocenters. The Morgan fingerprint density at radius 3 is 2.43 bits per heavy atom. The highest BCUT2D eigenvalue weighted by Crippen LogP contribution is 2.24. The van der Waals surface area contributed by atoms with Crippen molar-refractivity contribution in [3.8, 4) is 0 Å². The molecular weight excluding hydrogens is 288 g/mol. The largest absolute Gasteiger partial charge is 0.475 e. The van der Waals surface area contributed by atoms with Crippen molar-refractivity contribution in [3.63, 3.8) is 0 Å². The lowest BCUT2D eigenvalue weighted by Crippen LogP contribution is -1.97. The molecule has 0 aliphatic carbocycles. The van der Waals surface area contributed by atoms with E-state index < -0.39 is 5.97 Å². The van der Waals surface area contributed by atoms with Gasteiger partial charge >= 0.3 is 5.97 Å². The van der Waals surface area contributed by atoms with Gasteiger partial charge in [0.2, 0.25) is 5.76 Å². The van der Waals surface area contributed by atoms with E-state index in [0.29, 0.717) is 17.9 Å². The lowest BCUT2D eigenvalue weighted by Gasteiger charge is -2.02. The number of carboxylic acid groups (broad SMARTS) is 1. The molecule has 0 saturated carbocycles. The summed E-state index contributed by atoms with van der Waals surface area (Å²) in [6, 6.07) is 10.6. The molecule has 0 aliphatic rings. The monoisotopic (exact) mass is 304 g/mol. The van der Waals surface area contributed by atoms with Gasteiger partial charge in [-0.05, 0) is 30.7 Å². The van der Waals surface area contributed by atoms with Crippen LogP contribution in [0.4, 0.5) is 0 Å². The number of rotatable bonds is 7. The predicted molar refractivity (Wildman–Crippen MR) is 80.9 cm³/mol. The van der Waals surface area contributed by atoms with Gasteiger partial charge < -0.3 is 9.52 Å². The molecule has 1 N–H and O–H groups in total. The number of carbonyl (C=O) groups excluding carboxylic acids is 1. The number of hydrogen-bond donors (Lipinski definition) is 1. The first-order valence-corrected chi connectivity index (χ1v) is 7.66. The van der Waals surface area contributed by atoms with Crippen LogP contribution in [0.3, 0.4) is 0 Å². The lowest BCUT2D eigenvalue weighted by atomic mass is 10.1. The summed E-state index contributed by atoms with van der Waals surface area (Å²) < 4.78 is 5.19.